The van der Waals surface area contributed by atoms with Crippen LogP contribution in [0.2, 0.25) is 0 Å². The molecule has 2 N–H and O–H groups in total. The van der Waals surface area contributed by atoms with Gasteiger partial charge in [-0.25, -0.2) is 0 Å². The second-order valence-corrected chi connectivity index (χ2v) is 2.74. The molecule has 0 aromatic heterocycles. The molecule has 3 heteroatoms. The predicted octanol–water partition coefficient (Wildman–Crippen LogP) is -0.763. The minimum absolute atomic E-state index is 0.149. The van der Waals surface area contributed by atoms with Gasteiger partial charge < -0.3 is 10.6 Å². The molecule has 3 nitrogen and oxygen atoms in total. The smallest absolute Gasteiger partial charge is 0.234 e. The minimum Gasteiger partial charge on any atom is -0.351 e. The highest BCUT2D eigenvalue weighted by molar-refractivity contribution is 5.79. The average molecular weight is 126 g/mol. The van der Waals surface area contributed by atoms with Gasteiger partial charge in [-0.3, -0.25) is 4.79 Å². The molecule has 2 rings (SSSR count). The van der Waals surface area contributed by atoms with Crippen LogP contribution in [-0.4, -0.2) is 24.5 Å². The van der Waals surface area contributed by atoms with Gasteiger partial charge in [0.25, 0.3) is 0 Å². The number of carbonyl (C=O) groups is 1. The quantitative estimate of drug-likeness (QED) is 0.448. The van der Waals surface area contributed by atoms with Crippen LogP contribution < -0.4 is 10.6 Å². The molecule has 1 heterocycles. The van der Waals surface area contributed by atoms with Crippen LogP contribution in [0.1, 0.15) is 12.8 Å². The van der Waals surface area contributed by atoms with Crippen molar-refractivity contribution in [1.82, 2.24) is 10.6 Å². The van der Waals surface area contributed by atoms with E-state index < -0.39 is 0 Å². The molecular formula is C6H10N2O. The Bertz CT molecular complexity index is 146. The lowest BCUT2D eigenvalue weighted by molar-refractivity contribution is -0.124. The van der Waals surface area contributed by atoms with Crippen molar-refractivity contribution in [2.24, 2.45) is 0 Å². The summed E-state index contributed by atoms with van der Waals surface area (Å²) >= 11 is 0. The predicted molar refractivity (Wildman–Crippen MR) is 33.0 cm³/mol. The number of nitrogens with one attached hydrogen (secondary N) is 2. The van der Waals surface area contributed by atoms with Gasteiger partial charge in [0.1, 0.15) is 0 Å². The van der Waals surface area contributed by atoms with Crippen LogP contribution in [0.25, 0.3) is 0 Å². The molecule has 9 heavy (non-hydrogen) atoms. The molecule has 1 aliphatic heterocycles. The Morgan fingerprint density at radius 3 is 2.56 bits per heavy atom. The van der Waals surface area contributed by atoms with Gasteiger partial charge in [0.15, 0.2) is 0 Å². The third-order valence-electron chi connectivity index (χ3n) is 2.15. The summed E-state index contributed by atoms with van der Waals surface area (Å²) in [5.74, 6) is 0.149. The molecule has 0 spiro atoms. The van der Waals surface area contributed by atoms with Crippen LogP contribution in [0.3, 0.4) is 0 Å². The summed E-state index contributed by atoms with van der Waals surface area (Å²) in [4.78, 5) is 10.7. The lowest BCUT2D eigenvalue weighted by Gasteiger charge is -2.41. The average Bonchev–Trinajstić information content (AvgIpc) is 1.78. The first-order chi connectivity index (χ1) is 4.36. The Kier molecular flexibility index (Phi) is 0.990. The van der Waals surface area contributed by atoms with Gasteiger partial charge in [0.2, 0.25) is 5.91 Å². The number of hydrogen-bond acceptors (Lipinski definition) is 2. The molecule has 1 aliphatic carbocycles. The third-order valence-corrected chi connectivity index (χ3v) is 2.15. The largest absolute Gasteiger partial charge is 0.351 e. The van der Waals surface area contributed by atoms with Crippen LogP contribution in [0.4, 0.5) is 0 Å². The second kappa shape index (κ2) is 1.70. The number of carbonyl (C=O) groups excluding carboxylic acids is 1. The zero-order valence-corrected chi connectivity index (χ0v) is 5.18. The van der Waals surface area contributed by atoms with Crippen LogP contribution >= 0.6 is 0 Å². The van der Waals surface area contributed by atoms with Crippen molar-refractivity contribution >= 4 is 5.91 Å². The Morgan fingerprint density at radius 2 is 2.11 bits per heavy atom. The van der Waals surface area contributed by atoms with E-state index in [1.165, 1.54) is 6.42 Å². The summed E-state index contributed by atoms with van der Waals surface area (Å²) in [6, 6.07) is 1.04. The van der Waals surface area contributed by atoms with Crippen molar-refractivity contribution in [2.45, 2.75) is 24.9 Å². The Hall–Kier alpha value is -0.570. The van der Waals surface area contributed by atoms with E-state index in [9.17, 15) is 4.79 Å². The van der Waals surface area contributed by atoms with Gasteiger partial charge in [-0.1, -0.05) is 0 Å². The lowest BCUT2D eigenvalue weighted by atomic mass is 9.85. The van der Waals surface area contributed by atoms with E-state index in [2.05, 4.69) is 10.6 Å². The van der Waals surface area contributed by atoms with Crippen LogP contribution in [0, 0.1) is 0 Å². The van der Waals surface area contributed by atoms with Crippen molar-refractivity contribution in [2.75, 3.05) is 6.54 Å². The molecule has 50 valence electrons. The Morgan fingerprint density at radius 1 is 1.33 bits per heavy atom. The van der Waals surface area contributed by atoms with Crippen molar-refractivity contribution in [1.29, 1.82) is 0 Å². The topological polar surface area (TPSA) is 41.1 Å². The zero-order valence-electron chi connectivity index (χ0n) is 5.18. The van der Waals surface area contributed by atoms with Crippen molar-refractivity contribution in [3.05, 3.63) is 0 Å². The number of fused-ring (bicyclic) bond motifs is 1. The van der Waals surface area contributed by atoms with Crippen LogP contribution in [0.5, 0.6) is 0 Å². The molecule has 2 unspecified atom stereocenters. The first-order valence-electron chi connectivity index (χ1n) is 3.39. The summed E-state index contributed by atoms with van der Waals surface area (Å²) in [5, 5.41) is 6.07. The second-order valence-electron chi connectivity index (χ2n) is 2.74. The van der Waals surface area contributed by atoms with Gasteiger partial charge in [-0.2, -0.15) is 0 Å². The highest BCUT2D eigenvalue weighted by Gasteiger charge is 2.34. The van der Waals surface area contributed by atoms with E-state index >= 15 is 0 Å². The maximum atomic E-state index is 10.7. The van der Waals surface area contributed by atoms with Gasteiger partial charge in [-0.05, 0) is 12.8 Å². The molecule has 0 aromatic rings. The van der Waals surface area contributed by atoms with Gasteiger partial charge in [0.05, 0.1) is 6.54 Å². The van der Waals surface area contributed by atoms with E-state index in [4.69, 9.17) is 0 Å². The summed E-state index contributed by atoms with van der Waals surface area (Å²) in [6.45, 7) is 0.515. The maximum Gasteiger partial charge on any atom is 0.234 e. The Balaban J connectivity index is 1.99. The molecule has 2 atom stereocenters. The summed E-state index contributed by atoms with van der Waals surface area (Å²) < 4.78 is 0. The fraction of sp³-hybridized carbons (Fsp3) is 0.833. The van der Waals surface area contributed by atoms with Crippen LogP contribution in [0.15, 0.2) is 0 Å². The van der Waals surface area contributed by atoms with Crippen molar-refractivity contribution < 1.29 is 4.79 Å². The van der Waals surface area contributed by atoms with Crippen molar-refractivity contribution in [3.8, 4) is 0 Å². The van der Waals surface area contributed by atoms with Gasteiger partial charge in [0, 0.05) is 12.1 Å². The fourth-order valence-corrected chi connectivity index (χ4v) is 1.40. The molecule has 0 aromatic carbocycles. The molecule has 1 saturated heterocycles. The maximum absolute atomic E-state index is 10.7. The summed E-state index contributed by atoms with van der Waals surface area (Å²) in [5.41, 5.74) is 0. The van der Waals surface area contributed by atoms with Gasteiger partial charge >= 0.3 is 0 Å². The highest BCUT2D eigenvalue weighted by atomic mass is 16.2. The SMILES string of the molecule is O=C1CNC2CCC2N1. The van der Waals surface area contributed by atoms with E-state index in [0.717, 1.165) is 6.42 Å². The van der Waals surface area contributed by atoms with Crippen LogP contribution in [-0.2, 0) is 4.79 Å². The number of rotatable bonds is 0. The van der Waals surface area contributed by atoms with E-state index in [-0.39, 0.29) is 5.91 Å². The molecule has 2 fully saturated rings. The first kappa shape index (κ1) is 5.23. The molecule has 1 saturated carbocycles. The van der Waals surface area contributed by atoms with Crippen molar-refractivity contribution in [3.63, 3.8) is 0 Å². The number of amides is 1. The minimum atomic E-state index is 0.149. The molecule has 1 amide bonds. The summed E-state index contributed by atoms with van der Waals surface area (Å²) in [6.07, 6.45) is 2.38. The summed E-state index contributed by atoms with van der Waals surface area (Å²) in [7, 11) is 0. The van der Waals surface area contributed by atoms with E-state index in [1.54, 1.807) is 0 Å². The number of hydrogen-bond donors (Lipinski definition) is 2. The first-order valence-corrected chi connectivity index (χ1v) is 3.39. The van der Waals surface area contributed by atoms with Gasteiger partial charge in [-0.15, -0.1) is 0 Å². The molecule has 2 aliphatic rings. The molecule has 0 radical (unpaired) electrons. The monoisotopic (exact) mass is 126 g/mol. The Labute approximate surface area is 53.8 Å². The number of piperazine rings is 1. The lowest BCUT2D eigenvalue weighted by Crippen LogP contribution is -2.63. The molecule has 0 bridgehead atoms. The third kappa shape index (κ3) is 0.721. The highest BCUT2D eigenvalue weighted by Crippen LogP contribution is 2.21. The normalized spacial score (nSPS) is 40.7. The van der Waals surface area contributed by atoms with E-state index in [0.29, 0.717) is 18.6 Å². The van der Waals surface area contributed by atoms with E-state index in [1.807, 2.05) is 0 Å². The standard InChI is InChI=1S/C6H10N2O/c9-6-3-7-4-1-2-5(4)8-6/h4-5,7H,1-3H2,(H,8,9). The molecular weight excluding hydrogens is 116 g/mol. The fourth-order valence-electron chi connectivity index (χ4n) is 1.40. The zero-order chi connectivity index (χ0) is 6.27.